The molecule has 1 saturated heterocycles. The van der Waals surface area contributed by atoms with E-state index in [4.69, 9.17) is 0 Å². The highest BCUT2D eigenvalue weighted by molar-refractivity contribution is 6.04. The number of rotatable bonds is 6. The van der Waals surface area contributed by atoms with Gasteiger partial charge in [0.05, 0.1) is 0 Å². The Labute approximate surface area is 209 Å². The molecule has 3 aromatic rings. The number of carbonyl (C=O) groups is 1. The summed E-state index contributed by atoms with van der Waals surface area (Å²) in [6.45, 7) is 3.11. The van der Waals surface area contributed by atoms with Crippen molar-refractivity contribution in [3.63, 3.8) is 0 Å². The molecule has 0 aliphatic carbocycles. The molecule has 5 nitrogen and oxygen atoms in total. The van der Waals surface area contributed by atoms with Crippen LogP contribution >= 0.6 is 24.8 Å². The first-order valence-electron chi connectivity index (χ1n) is 11.0. The maximum atomic E-state index is 13.0. The third kappa shape index (κ3) is 6.94. The first kappa shape index (κ1) is 26.7. The van der Waals surface area contributed by atoms with E-state index in [1.54, 1.807) is 6.20 Å². The zero-order valence-electron chi connectivity index (χ0n) is 19.2. The van der Waals surface area contributed by atoms with Crippen molar-refractivity contribution in [2.24, 2.45) is 0 Å². The highest BCUT2D eigenvalue weighted by atomic mass is 35.5. The summed E-state index contributed by atoms with van der Waals surface area (Å²) >= 11 is 0. The summed E-state index contributed by atoms with van der Waals surface area (Å²) in [5, 5.41) is 3.02. The highest BCUT2D eigenvalue weighted by Gasteiger charge is 2.16. The van der Waals surface area contributed by atoms with Gasteiger partial charge in [0.25, 0.3) is 5.91 Å². The van der Waals surface area contributed by atoms with E-state index >= 15 is 0 Å². The summed E-state index contributed by atoms with van der Waals surface area (Å²) in [5.41, 5.74) is 5.00. The van der Waals surface area contributed by atoms with Crippen molar-refractivity contribution in [3.8, 4) is 11.1 Å². The average Bonchev–Trinajstić information content (AvgIpc) is 2.80. The average molecular weight is 487 g/mol. The van der Waals surface area contributed by atoms with Crippen LogP contribution in [-0.2, 0) is 6.54 Å². The third-order valence-corrected chi connectivity index (χ3v) is 5.76. The predicted octanol–water partition coefficient (Wildman–Crippen LogP) is 5.90. The molecule has 1 aliphatic rings. The molecule has 0 saturated carbocycles. The number of carbonyl (C=O) groups excluding carboxylic acids is 1. The number of likely N-dealkylation sites (tertiary alicyclic amines) is 1. The Kier molecular flexibility index (Phi) is 10.2. The Morgan fingerprint density at radius 1 is 0.970 bits per heavy atom. The smallest absolute Gasteiger partial charge is 0.255 e. The number of hydrogen-bond acceptors (Lipinski definition) is 4. The van der Waals surface area contributed by atoms with Gasteiger partial charge in [0.1, 0.15) is 5.82 Å². The van der Waals surface area contributed by atoms with Crippen LogP contribution in [-0.4, -0.2) is 43.0 Å². The zero-order valence-corrected chi connectivity index (χ0v) is 20.8. The summed E-state index contributed by atoms with van der Waals surface area (Å²) in [4.78, 5) is 21.8. The van der Waals surface area contributed by atoms with Crippen molar-refractivity contribution in [2.75, 3.05) is 37.4 Å². The Balaban J connectivity index is 0.00000193. The van der Waals surface area contributed by atoms with Gasteiger partial charge in [-0.15, -0.1) is 24.8 Å². The molecular weight excluding hydrogens is 455 g/mol. The zero-order chi connectivity index (χ0) is 21.6. The lowest BCUT2D eigenvalue weighted by Crippen LogP contribution is -2.29. The van der Waals surface area contributed by atoms with Gasteiger partial charge in [-0.2, -0.15) is 0 Å². The number of pyridine rings is 1. The minimum absolute atomic E-state index is 0. The van der Waals surface area contributed by atoms with Gasteiger partial charge in [0, 0.05) is 44.2 Å². The van der Waals surface area contributed by atoms with E-state index in [1.165, 1.54) is 36.0 Å². The van der Waals surface area contributed by atoms with Crippen molar-refractivity contribution in [2.45, 2.75) is 25.8 Å². The number of halogens is 2. The molecule has 1 fully saturated rings. The van der Waals surface area contributed by atoms with Gasteiger partial charge in [-0.25, -0.2) is 4.98 Å². The van der Waals surface area contributed by atoms with Crippen LogP contribution in [0, 0.1) is 0 Å². The SMILES string of the molecule is CN(C)c1cc(NC(=O)c2ccc(-c3ccccc3)c(CN3CCCCC3)c2)ccn1.Cl.Cl. The van der Waals surface area contributed by atoms with E-state index < -0.39 is 0 Å². The molecule has 1 aromatic heterocycles. The summed E-state index contributed by atoms with van der Waals surface area (Å²) in [7, 11) is 3.87. The number of aromatic nitrogens is 1. The van der Waals surface area contributed by atoms with Crippen LogP contribution in [0.3, 0.4) is 0 Å². The van der Waals surface area contributed by atoms with E-state index in [2.05, 4.69) is 51.6 Å². The number of nitrogens with zero attached hydrogens (tertiary/aromatic N) is 3. The Morgan fingerprint density at radius 2 is 1.70 bits per heavy atom. The summed E-state index contributed by atoms with van der Waals surface area (Å²) in [6.07, 6.45) is 5.52. The van der Waals surface area contributed by atoms with Crippen molar-refractivity contribution in [1.29, 1.82) is 0 Å². The minimum atomic E-state index is -0.101. The van der Waals surface area contributed by atoms with Gasteiger partial charge < -0.3 is 10.2 Å². The van der Waals surface area contributed by atoms with Crippen LogP contribution in [0.15, 0.2) is 66.9 Å². The van der Waals surface area contributed by atoms with E-state index in [0.29, 0.717) is 5.56 Å². The number of amides is 1. The molecule has 1 N–H and O–H groups in total. The van der Waals surface area contributed by atoms with Crippen molar-refractivity contribution in [1.82, 2.24) is 9.88 Å². The maximum Gasteiger partial charge on any atom is 0.255 e. The normalized spacial score (nSPS) is 13.4. The number of hydrogen-bond donors (Lipinski definition) is 1. The van der Waals surface area contributed by atoms with Gasteiger partial charge in [-0.05, 0) is 60.8 Å². The topological polar surface area (TPSA) is 48.5 Å². The highest BCUT2D eigenvalue weighted by Crippen LogP contribution is 2.27. The van der Waals surface area contributed by atoms with E-state index in [9.17, 15) is 4.79 Å². The molecule has 4 rings (SSSR count). The molecule has 7 heteroatoms. The van der Waals surface area contributed by atoms with Gasteiger partial charge in [-0.1, -0.05) is 42.8 Å². The van der Waals surface area contributed by atoms with E-state index in [0.717, 1.165) is 31.1 Å². The molecule has 0 unspecified atom stereocenters. The van der Waals surface area contributed by atoms with Crippen LogP contribution in [0.4, 0.5) is 11.5 Å². The second-order valence-corrected chi connectivity index (χ2v) is 8.33. The van der Waals surface area contributed by atoms with Crippen molar-refractivity contribution in [3.05, 3.63) is 78.0 Å². The number of piperidine rings is 1. The monoisotopic (exact) mass is 486 g/mol. The molecule has 1 amide bonds. The number of benzene rings is 2. The molecule has 2 aromatic carbocycles. The lowest BCUT2D eigenvalue weighted by atomic mass is 9.96. The fourth-order valence-corrected chi connectivity index (χ4v) is 4.07. The molecule has 176 valence electrons. The largest absolute Gasteiger partial charge is 0.363 e. The lowest BCUT2D eigenvalue weighted by Gasteiger charge is -2.27. The molecule has 0 atom stereocenters. The van der Waals surface area contributed by atoms with Crippen LogP contribution < -0.4 is 10.2 Å². The lowest BCUT2D eigenvalue weighted by molar-refractivity contribution is 0.102. The summed E-state index contributed by atoms with van der Waals surface area (Å²) in [6, 6.07) is 20.2. The minimum Gasteiger partial charge on any atom is -0.363 e. The fraction of sp³-hybridized carbons (Fsp3) is 0.308. The van der Waals surface area contributed by atoms with Crippen LogP contribution in [0.2, 0.25) is 0 Å². The second kappa shape index (κ2) is 12.6. The molecule has 2 heterocycles. The Morgan fingerprint density at radius 3 is 2.39 bits per heavy atom. The van der Waals surface area contributed by atoms with Crippen molar-refractivity contribution >= 4 is 42.2 Å². The Bertz CT molecular complexity index is 1040. The second-order valence-electron chi connectivity index (χ2n) is 8.33. The quantitative estimate of drug-likeness (QED) is 0.471. The summed E-state index contributed by atoms with van der Waals surface area (Å²) in [5.74, 6) is 0.707. The van der Waals surface area contributed by atoms with Gasteiger partial charge in [-0.3, -0.25) is 9.69 Å². The van der Waals surface area contributed by atoms with Crippen molar-refractivity contribution < 1.29 is 4.79 Å². The summed E-state index contributed by atoms with van der Waals surface area (Å²) < 4.78 is 0. The van der Waals surface area contributed by atoms with E-state index in [1.807, 2.05) is 43.3 Å². The fourth-order valence-electron chi connectivity index (χ4n) is 4.07. The van der Waals surface area contributed by atoms with Gasteiger partial charge >= 0.3 is 0 Å². The molecule has 0 bridgehead atoms. The molecule has 0 radical (unpaired) electrons. The van der Waals surface area contributed by atoms with Crippen LogP contribution in [0.5, 0.6) is 0 Å². The first-order valence-corrected chi connectivity index (χ1v) is 11.0. The van der Waals surface area contributed by atoms with Gasteiger partial charge in [0.2, 0.25) is 0 Å². The van der Waals surface area contributed by atoms with E-state index in [-0.39, 0.29) is 30.7 Å². The molecule has 1 aliphatic heterocycles. The molecular formula is C26H32Cl2N4O. The predicted molar refractivity (Wildman–Crippen MR) is 142 cm³/mol. The number of nitrogens with one attached hydrogen (secondary N) is 1. The number of anilines is 2. The maximum absolute atomic E-state index is 13.0. The van der Waals surface area contributed by atoms with Crippen LogP contribution in [0.1, 0.15) is 35.2 Å². The first-order chi connectivity index (χ1) is 15.1. The van der Waals surface area contributed by atoms with Gasteiger partial charge in [0.15, 0.2) is 0 Å². The molecule has 0 spiro atoms. The Hall–Kier alpha value is -2.60. The molecule has 33 heavy (non-hydrogen) atoms. The van der Waals surface area contributed by atoms with Crippen LogP contribution in [0.25, 0.3) is 11.1 Å². The third-order valence-electron chi connectivity index (χ3n) is 5.76. The standard InChI is InChI=1S/C26H30N4O.2ClH/c1-29(2)25-18-23(13-14-27-25)28-26(31)21-11-12-24(20-9-5-3-6-10-20)22(17-21)19-30-15-7-4-8-16-30;;/h3,5-6,9-14,17-18H,4,7-8,15-16,19H2,1-2H3,(H,27,28,31);2*1H.